The Balaban J connectivity index is 2.78. The Kier molecular flexibility index (Phi) is 3.40. The molecule has 0 radical (unpaired) electrons. The highest BCUT2D eigenvalue weighted by atomic mass is 79.9. The molecule has 2 aromatic carbocycles. The lowest BCUT2D eigenvalue weighted by Crippen LogP contribution is -1.88. The zero-order valence-corrected chi connectivity index (χ0v) is 12.1. The van der Waals surface area contributed by atoms with Crippen LogP contribution in [0.25, 0.3) is 10.8 Å². The predicted molar refractivity (Wildman–Crippen MR) is 72.5 cm³/mol. The monoisotopic (exact) mass is 344 g/mol. The van der Waals surface area contributed by atoms with Crippen molar-refractivity contribution in [3.05, 3.63) is 33.2 Å². The summed E-state index contributed by atoms with van der Waals surface area (Å²) >= 11 is 7.07. The molecular formula is C12H10Br2O2. The molecule has 0 unspecified atom stereocenters. The lowest BCUT2D eigenvalue weighted by molar-refractivity contribution is 0.411. The summed E-state index contributed by atoms with van der Waals surface area (Å²) in [5, 5.41) is 2.18. The van der Waals surface area contributed by atoms with E-state index in [4.69, 9.17) is 9.47 Å². The number of rotatable bonds is 2. The Labute approximate surface area is 111 Å². The number of methoxy groups -OCH3 is 2. The normalized spacial score (nSPS) is 10.5. The zero-order valence-electron chi connectivity index (χ0n) is 8.88. The quantitative estimate of drug-likeness (QED) is 0.804. The molecule has 0 N–H and O–H groups in total. The van der Waals surface area contributed by atoms with Gasteiger partial charge in [0.2, 0.25) is 0 Å². The first-order valence-electron chi connectivity index (χ1n) is 4.67. The lowest BCUT2D eigenvalue weighted by atomic mass is 10.1. The Bertz CT molecular complexity index is 489. The molecule has 0 aliphatic carbocycles. The number of ether oxygens (including phenoxy) is 2. The molecule has 2 aromatic rings. The van der Waals surface area contributed by atoms with Crippen LogP contribution >= 0.6 is 31.9 Å². The fourth-order valence-electron chi connectivity index (χ4n) is 1.61. The Morgan fingerprint density at radius 1 is 0.750 bits per heavy atom. The van der Waals surface area contributed by atoms with Crippen molar-refractivity contribution >= 4 is 42.6 Å². The van der Waals surface area contributed by atoms with Crippen LogP contribution in [0.15, 0.2) is 33.2 Å². The van der Waals surface area contributed by atoms with Crippen molar-refractivity contribution in [2.24, 2.45) is 0 Å². The first kappa shape index (κ1) is 11.7. The molecule has 0 saturated heterocycles. The van der Waals surface area contributed by atoms with Gasteiger partial charge in [-0.3, -0.25) is 0 Å². The van der Waals surface area contributed by atoms with Gasteiger partial charge in [-0.2, -0.15) is 0 Å². The van der Waals surface area contributed by atoms with E-state index in [2.05, 4.69) is 31.9 Å². The zero-order chi connectivity index (χ0) is 11.7. The predicted octanol–water partition coefficient (Wildman–Crippen LogP) is 4.38. The second-order valence-electron chi connectivity index (χ2n) is 3.26. The van der Waals surface area contributed by atoms with Gasteiger partial charge in [-0.25, -0.2) is 0 Å². The van der Waals surface area contributed by atoms with E-state index in [9.17, 15) is 0 Å². The minimum absolute atomic E-state index is 0.824. The highest BCUT2D eigenvalue weighted by Gasteiger charge is 2.10. The number of halogens is 2. The summed E-state index contributed by atoms with van der Waals surface area (Å²) in [4.78, 5) is 0. The van der Waals surface area contributed by atoms with E-state index >= 15 is 0 Å². The largest absolute Gasteiger partial charge is 0.496 e. The van der Waals surface area contributed by atoms with Crippen molar-refractivity contribution in [3.63, 3.8) is 0 Å². The van der Waals surface area contributed by atoms with E-state index in [1.54, 1.807) is 14.2 Å². The topological polar surface area (TPSA) is 18.5 Å². The molecule has 0 heterocycles. The fraction of sp³-hybridized carbons (Fsp3) is 0.167. The van der Waals surface area contributed by atoms with Crippen molar-refractivity contribution in [1.29, 1.82) is 0 Å². The maximum Gasteiger partial charge on any atom is 0.133 e. The maximum atomic E-state index is 5.26. The molecule has 0 aliphatic heterocycles. The van der Waals surface area contributed by atoms with Gasteiger partial charge in [-0.05, 0) is 56.1 Å². The Morgan fingerprint density at radius 2 is 1.12 bits per heavy atom. The van der Waals surface area contributed by atoms with Crippen LogP contribution in [0.1, 0.15) is 0 Å². The molecule has 0 aromatic heterocycles. The fourth-order valence-corrected chi connectivity index (χ4v) is 2.89. The average molecular weight is 346 g/mol. The van der Waals surface area contributed by atoms with E-state index < -0.39 is 0 Å². The summed E-state index contributed by atoms with van der Waals surface area (Å²) < 4.78 is 12.4. The summed E-state index contributed by atoms with van der Waals surface area (Å²) in [7, 11) is 3.31. The first-order valence-corrected chi connectivity index (χ1v) is 6.26. The Morgan fingerprint density at radius 3 is 1.44 bits per heavy atom. The number of fused-ring (bicyclic) bond motifs is 1. The van der Waals surface area contributed by atoms with E-state index in [-0.39, 0.29) is 0 Å². The van der Waals surface area contributed by atoms with Crippen molar-refractivity contribution in [2.45, 2.75) is 0 Å². The van der Waals surface area contributed by atoms with E-state index in [0.29, 0.717) is 0 Å². The molecule has 0 fully saturated rings. The van der Waals surface area contributed by atoms with Crippen LogP contribution in [0.3, 0.4) is 0 Å². The second-order valence-corrected chi connectivity index (χ2v) is 4.84. The number of benzene rings is 2. The standard InChI is InChI=1S/C12H10Br2O2/c1-15-9-5-3-8-7(11(9)13)4-6-10(16-2)12(8)14/h3-6H,1-2H3. The van der Waals surface area contributed by atoms with Crippen LogP contribution < -0.4 is 9.47 Å². The van der Waals surface area contributed by atoms with Crippen molar-refractivity contribution in [3.8, 4) is 11.5 Å². The smallest absolute Gasteiger partial charge is 0.133 e. The van der Waals surface area contributed by atoms with Gasteiger partial charge in [0.15, 0.2) is 0 Å². The van der Waals surface area contributed by atoms with Gasteiger partial charge in [0.05, 0.1) is 23.2 Å². The number of hydrogen-bond donors (Lipinski definition) is 0. The van der Waals surface area contributed by atoms with E-state index in [1.807, 2.05) is 24.3 Å². The molecule has 84 valence electrons. The summed E-state index contributed by atoms with van der Waals surface area (Å²) in [5.41, 5.74) is 0. The molecule has 0 aliphatic rings. The van der Waals surface area contributed by atoms with Gasteiger partial charge >= 0.3 is 0 Å². The third kappa shape index (κ3) is 1.80. The van der Waals surface area contributed by atoms with E-state index in [0.717, 1.165) is 31.2 Å². The molecule has 0 bridgehead atoms. The summed E-state index contributed by atoms with van der Waals surface area (Å²) in [6.07, 6.45) is 0. The molecule has 16 heavy (non-hydrogen) atoms. The van der Waals surface area contributed by atoms with Crippen LogP contribution in [-0.2, 0) is 0 Å². The van der Waals surface area contributed by atoms with Gasteiger partial charge in [0.1, 0.15) is 11.5 Å². The van der Waals surface area contributed by atoms with Gasteiger partial charge in [0.25, 0.3) is 0 Å². The van der Waals surface area contributed by atoms with Crippen molar-refractivity contribution in [2.75, 3.05) is 14.2 Å². The van der Waals surface area contributed by atoms with Gasteiger partial charge in [0, 0.05) is 10.8 Å². The summed E-state index contributed by atoms with van der Waals surface area (Å²) in [6, 6.07) is 7.87. The van der Waals surface area contributed by atoms with E-state index in [1.165, 1.54) is 0 Å². The minimum Gasteiger partial charge on any atom is -0.496 e. The third-order valence-corrected chi connectivity index (χ3v) is 4.07. The SMILES string of the molecule is COc1ccc2c(Br)c(OC)ccc2c1Br. The van der Waals surface area contributed by atoms with Gasteiger partial charge < -0.3 is 9.47 Å². The maximum absolute atomic E-state index is 5.26. The third-order valence-electron chi connectivity index (χ3n) is 2.44. The van der Waals surface area contributed by atoms with Crippen LogP contribution in [0, 0.1) is 0 Å². The lowest BCUT2D eigenvalue weighted by Gasteiger charge is -2.10. The van der Waals surface area contributed by atoms with Crippen LogP contribution in [0.5, 0.6) is 11.5 Å². The molecule has 4 heteroatoms. The molecule has 2 rings (SSSR count). The molecule has 0 amide bonds. The molecule has 0 saturated carbocycles. The summed E-state index contributed by atoms with van der Waals surface area (Å²) in [5.74, 6) is 1.65. The molecule has 2 nitrogen and oxygen atoms in total. The average Bonchev–Trinajstić information content (AvgIpc) is 2.31. The van der Waals surface area contributed by atoms with Gasteiger partial charge in [-0.1, -0.05) is 0 Å². The highest BCUT2D eigenvalue weighted by Crippen LogP contribution is 2.39. The minimum atomic E-state index is 0.824. The molecule has 0 spiro atoms. The summed E-state index contributed by atoms with van der Waals surface area (Å²) in [6.45, 7) is 0. The van der Waals surface area contributed by atoms with Crippen LogP contribution in [-0.4, -0.2) is 14.2 Å². The van der Waals surface area contributed by atoms with Crippen LogP contribution in [0.4, 0.5) is 0 Å². The highest BCUT2D eigenvalue weighted by molar-refractivity contribution is 9.11. The van der Waals surface area contributed by atoms with Crippen molar-refractivity contribution < 1.29 is 9.47 Å². The molecular weight excluding hydrogens is 336 g/mol. The van der Waals surface area contributed by atoms with Crippen LogP contribution in [0.2, 0.25) is 0 Å². The van der Waals surface area contributed by atoms with Gasteiger partial charge in [-0.15, -0.1) is 0 Å². The number of hydrogen-bond acceptors (Lipinski definition) is 2. The Hall–Kier alpha value is -0.740. The second kappa shape index (κ2) is 4.63. The van der Waals surface area contributed by atoms with Crippen molar-refractivity contribution in [1.82, 2.24) is 0 Å². The first-order chi connectivity index (χ1) is 7.69. The molecule has 0 atom stereocenters.